The molecule has 0 radical (unpaired) electrons. The average molecular weight is 366 g/mol. The molecule has 1 atom stereocenters. The van der Waals surface area contributed by atoms with Crippen molar-refractivity contribution in [3.8, 4) is 11.4 Å². The Morgan fingerprint density at radius 2 is 2.00 bits per heavy atom. The van der Waals surface area contributed by atoms with Crippen LogP contribution in [0.5, 0.6) is 0 Å². The van der Waals surface area contributed by atoms with Gasteiger partial charge >= 0.3 is 0 Å². The number of hydrogen-bond donors (Lipinski definition) is 0. The molecular formula is C20H22N4O3. The van der Waals surface area contributed by atoms with Crippen LogP contribution in [0.2, 0.25) is 0 Å². The Labute approximate surface area is 157 Å². The molecule has 1 aliphatic heterocycles. The molecule has 0 aliphatic carbocycles. The number of benzene rings is 1. The number of nitrogens with zero attached hydrogens (tertiary/aromatic N) is 4. The van der Waals surface area contributed by atoms with Crippen molar-refractivity contribution in [1.82, 2.24) is 20.2 Å². The van der Waals surface area contributed by atoms with Gasteiger partial charge in [-0.3, -0.25) is 4.79 Å². The molecular weight excluding hydrogens is 344 g/mol. The fourth-order valence-electron chi connectivity index (χ4n) is 3.63. The van der Waals surface area contributed by atoms with Gasteiger partial charge in [-0.05, 0) is 33.1 Å². The molecule has 0 N–H and O–H groups in total. The molecule has 1 saturated heterocycles. The summed E-state index contributed by atoms with van der Waals surface area (Å²) in [5.74, 6) is 1.94. The molecule has 140 valence electrons. The van der Waals surface area contributed by atoms with E-state index in [0.29, 0.717) is 31.1 Å². The van der Waals surface area contributed by atoms with E-state index in [0.717, 1.165) is 35.4 Å². The lowest BCUT2D eigenvalue weighted by Gasteiger charge is -2.21. The molecule has 0 saturated carbocycles. The van der Waals surface area contributed by atoms with Gasteiger partial charge in [-0.15, -0.1) is 0 Å². The van der Waals surface area contributed by atoms with Crippen molar-refractivity contribution < 1.29 is 13.8 Å². The number of likely N-dealkylation sites (tertiary alicyclic amines) is 1. The van der Waals surface area contributed by atoms with Crippen molar-refractivity contribution in [2.24, 2.45) is 0 Å². The van der Waals surface area contributed by atoms with Gasteiger partial charge in [-0.2, -0.15) is 4.98 Å². The van der Waals surface area contributed by atoms with Crippen molar-refractivity contribution in [3.63, 3.8) is 0 Å². The summed E-state index contributed by atoms with van der Waals surface area (Å²) in [4.78, 5) is 19.2. The minimum Gasteiger partial charge on any atom is -0.361 e. The van der Waals surface area contributed by atoms with Crippen LogP contribution in [0, 0.1) is 13.8 Å². The summed E-state index contributed by atoms with van der Waals surface area (Å²) in [5, 5.41) is 8.04. The van der Waals surface area contributed by atoms with Crippen molar-refractivity contribution in [2.45, 2.75) is 45.6 Å². The summed E-state index contributed by atoms with van der Waals surface area (Å²) >= 11 is 0. The van der Waals surface area contributed by atoms with Crippen molar-refractivity contribution in [3.05, 3.63) is 53.2 Å². The second-order valence-electron chi connectivity index (χ2n) is 6.87. The summed E-state index contributed by atoms with van der Waals surface area (Å²) in [6, 6.07) is 9.55. The van der Waals surface area contributed by atoms with Gasteiger partial charge in [0, 0.05) is 24.1 Å². The first kappa shape index (κ1) is 17.5. The maximum Gasteiger partial charge on any atom is 0.249 e. The van der Waals surface area contributed by atoms with Crippen LogP contribution in [0.3, 0.4) is 0 Å². The highest BCUT2D eigenvalue weighted by atomic mass is 16.5. The van der Waals surface area contributed by atoms with E-state index in [1.807, 2.05) is 49.1 Å². The SMILES string of the molecule is Cc1noc(C)c1CCC(=O)N1CCC[C@H]1c1nc(-c2ccccc2)no1. The van der Waals surface area contributed by atoms with E-state index >= 15 is 0 Å². The highest BCUT2D eigenvalue weighted by Crippen LogP contribution is 2.32. The first-order chi connectivity index (χ1) is 13.1. The standard InChI is InChI=1S/C20H22N4O3/c1-13-16(14(2)26-22-13)10-11-18(25)24-12-6-9-17(24)20-21-19(23-27-20)15-7-4-3-5-8-15/h3-5,7-8,17H,6,9-12H2,1-2H3/t17-/m0/s1. The summed E-state index contributed by atoms with van der Waals surface area (Å²) < 4.78 is 10.7. The number of amides is 1. The van der Waals surface area contributed by atoms with Crippen LogP contribution in [-0.2, 0) is 11.2 Å². The van der Waals surface area contributed by atoms with E-state index in [4.69, 9.17) is 9.05 Å². The second-order valence-corrected chi connectivity index (χ2v) is 6.87. The minimum absolute atomic E-state index is 0.0944. The number of aryl methyl sites for hydroxylation is 2. The summed E-state index contributed by atoms with van der Waals surface area (Å²) in [6.45, 7) is 4.49. The molecule has 1 fully saturated rings. The average Bonchev–Trinajstić information content (AvgIpc) is 3.41. The molecule has 1 amide bonds. The quantitative estimate of drug-likeness (QED) is 0.685. The molecule has 0 spiro atoms. The third kappa shape index (κ3) is 3.49. The number of carbonyl (C=O) groups is 1. The fraction of sp³-hybridized carbons (Fsp3) is 0.400. The zero-order valence-electron chi connectivity index (χ0n) is 15.5. The van der Waals surface area contributed by atoms with Gasteiger partial charge in [-0.25, -0.2) is 0 Å². The summed E-state index contributed by atoms with van der Waals surface area (Å²) in [7, 11) is 0. The van der Waals surface area contributed by atoms with Crippen LogP contribution in [-0.4, -0.2) is 32.6 Å². The van der Waals surface area contributed by atoms with Gasteiger partial charge in [0.15, 0.2) is 0 Å². The largest absolute Gasteiger partial charge is 0.361 e. The van der Waals surface area contributed by atoms with E-state index in [1.54, 1.807) is 0 Å². The van der Waals surface area contributed by atoms with E-state index < -0.39 is 0 Å². The minimum atomic E-state index is -0.146. The van der Waals surface area contributed by atoms with Crippen LogP contribution in [0.15, 0.2) is 39.4 Å². The second kappa shape index (κ2) is 7.34. The van der Waals surface area contributed by atoms with E-state index in [9.17, 15) is 4.79 Å². The molecule has 1 aliphatic rings. The fourth-order valence-corrected chi connectivity index (χ4v) is 3.63. The molecule has 1 aromatic carbocycles. The third-order valence-electron chi connectivity index (χ3n) is 5.10. The van der Waals surface area contributed by atoms with Gasteiger partial charge in [0.25, 0.3) is 0 Å². The van der Waals surface area contributed by atoms with E-state index in [-0.39, 0.29) is 11.9 Å². The molecule has 7 nitrogen and oxygen atoms in total. The maximum atomic E-state index is 12.8. The topological polar surface area (TPSA) is 85.3 Å². The lowest BCUT2D eigenvalue weighted by Crippen LogP contribution is -2.31. The van der Waals surface area contributed by atoms with Crippen molar-refractivity contribution in [2.75, 3.05) is 6.54 Å². The van der Waals surface area contributed by atoms with Gasteiger partial charge < -0.3 is 13.9 Å². The Bertz CT molecular complexity index is 912. The molecule has 0 unspecified atom stereocenters. The van der Waals surface area contributed by atoms with Crippen LogP contribution in [0.25, 0.3) is 11.4 Å². The Morgan fingerprint density at radius 3 is 2.74 bits per heavy atom. The van der Waals surface area contributed by atoms with Gasteiger partial charge in [-0.1, -0.05) is 40.6 Å². The third-order valence-corrected chi connectivity index (χ3v) is 5.10. The van der Waals surface area contributed by atoms with E-state index in [2.05, 4.69) is 15.3 Å². The number of rotatable bonds is 5. The predicted molar refractivity (Wildman–Crippen MR) is 97.7 cm³/mol. The number of aromatic nitrogens is 3. The lowest BCUT2D eigenvalue weighted by atomic mass is 10.1. The molecule has 0 bridgehead atoms. The normalized spacial score (nSPS) is 16.8. The summed E-state index contributed by atoms with van der Waals surface area (Å²) in [6.07, 6.45) is 2.82. The number of carbonyl (C=O) groups excluding carboxylic acids is 1. The molecule has 7 heteroatoms. The lowest BCUT2D eigenvalue weighted by molar-refractivity contribution is -0.132. The molecule has 4 rings (SSSR count). The Morgan fingerprint density at radius 1 is 1.19 bits per heavy atom. The smallest absolute Gasteiger partial charge is 0.249 e. The van der Waals surface area contributed by atoms with Crippen molar-refractivity contribution in [1.29, 1.82) is 0 Å². The first-order valence-corrected chi connectivity index (χ1v) is 9.23. The van der Waals surface area contributed by atoms with Crippen LogP contribution in [0.4, 0.5) is 0 Å². The summed E-state index contributed by atoms with van der Waals surface area (Å²) in [5.41, 5.74) is 2.77. The molecule has 3 aromatic rings. The molecule has 3 heterocycles. The Hall–Kier alpha value is -2.96. The molecule has 2 aromatic heterocycles. The Kier molecular flexibility index (Phi) is 4.75. The van der Waals surface area contributed by atoms with Crippen LogP contribution in [0.1, 0.15) is 48.2 Å². The highest BCUT2D eigenvalue weighted by Gasteiger charge is 2.34. The van der Waals surface area contributed by atoms with Crippen LogP contribution >= 0.6 is 0 Å². The van der Waals surface area contributed by atoms with Gasteiger partial charge in [0.2, 0.25) is 17.6 Å². The zero-order chi connectivity index (χ0) is 18.8. The van der Waals surface area contributed by atoms with E-state index in [1.165, 1.54) is 0 Å². The zero-order valence-corrected chi connectivity index (χ0v) is 15.5. The predicted octanol–water partition coefficient (Wildman–Crippen LogP) is 3.64. The highest BCUT2D eigenvalue weighted by molar-refractivity contribution is 5.77. The van der Waals surface area contributed by atoms with Gasteiger partial charge in [0.05, 0.1) is 5.69 Å². The maximum absolute atomic E-state index is 12.8. The molecule has 27 heavy (non-hydrogen) atoms. The Balaban J connectivity index is 1.46. The monoisotopic (exact) mass is 366 g/mol. The van der Waals surface area contributed by atoms with Crippen LogP contribution < -0.4 is 0 Å². The first-order valence-electron chi connectivity index (χ1n) is 9.23. The van der Waals surface area contributed by atoms with Crippen molar-refractivity contribution >= 4 is 5.91 Å². The number of hydrogen-bond acceptors (Lipinski definition) is 6. The van der Waals surface area contributed by atoms with Gasteiger partial charge in [0.1, 0.15) is 11.8 Å².